The molecule has 0 N–H and O–H groups in total. The van der Waals surface area contributed by atoms with E-state index in [4.69, 9.17) is 4.74 Å². The first-order valence-corrected chi connectivity index (χ1v) is 7.00. The molecule has 2 nitrogen and oxygen atoms in total. The average molecular weight is 306 g/mol. The van der Waals surface area contributed by atoms with E-state index in [1.54, 1.807) is 6.20 Å². The molecular weight excluding hydrogens is 290 g/mol. The molecular formula is C15H16BrNO. The third-order valence-corrected chi connectivity index (χ3v) is 3.43. The predicted octanol–water partition coefficient (Wildman–Crippen LogP) is 4.17. The van der Waals surface area contributed by atoms with Crippen molar-refractivity contribution in [2.75, 3.05) is 0 Å². The molecule has 0 aliphatic rings. The second kappa shape index (κ2) is 6.01. The summed E-state index contributed by atoms with van der Waals surface area (Å²) in [5, 5.41) is 0.873. The van der Waals surface area contributed by atoms with E-state index < -0.39 is 0 Å². The van der Waals surface area contributed by atoms with Crippen molar-refractivity contribution in [3.63, 3.8) is 0 Å². The highest BCUT2D eigenvalue weighted by Crippen LogP contribution is 2.26. The van der Waals surface area contributed by atoms with Crippen LogP contribution in [0.1, 0.15) is 22.3 Å². The number of alkyl halides is 1. The Morgan fingerprint density at radius 1 is 1.17 bits per heavy atom. The summed E-state index contributed by atoms with van der Waals surface area (Å²) >= 11 is 3.48. The lowest BCUT2D eigenvalue weighted by atomic mass is 10.1. The van der Waals surface area contributed by atoms with Crippen molar-refractivity contribution >= 4 is 15.9 Å². The van der Waals surface area contributed by atoms with Crippen LogP contribution in [0.25, 0.3) is 0 Å². The third-order valence-electron chi connectivity index (χ3n) is 2.78. The van der Waals surface area contributed by atoms with Gasteiger partial charge in [-0.25, -0.2) is 0 Å². The first kappa shape index (κ1) is 13.1. The molecule has 18 heavy (non-hydrogen) atoms. The van der Waals surface area contributed by atoms with Crippen LogP contribution in [0.15, 0.2) is 36.7 Å². The second-order valence-electron chi connectivity index (χ2n) is 4.34. The van der Waals surface area contributed by atoms with Gasteiger partial charge in [-0.1, -0.05) is 34.1 Å². The molecule has 2 aromatic rings. The minimum Gasteiger partial charge on any atom is -0.488 e. The van der Waals surface area contributed by atoms with Gasteiger partial charge in [-0.2, -0.15) is 0 Å². The third kappa shape index (κ3) is 3.10. The Morgan fingerprint density at radius 2 is 1.89 bits per heavy atom. The van der Waals surface area contributed by atoms with Crippen molar-refractivity contribution in [1.82, 2.24) is 4.98 Å². The van der Waals surface area contributed by atoms with Gasteiger partial charge in [0.25, 0.3) is 0 Å². The molecule has 0 saturated heterocycles. The van der Waals surface area contributed by atoms with Gasteiger partial charge in [0.15, 0.2) is 0 Å². The van der Waals surface area contributed by atoms with Crippen LogP contribution in [0.5, 0.6) is 5.75 Å². The molecule has 0 aliphatic carbocycles. The Kier molecular flexibility index (Phi) is 4.37. The van der Waals surface area contributed by atoms with Crippen LogP contribution in [-0.4, -0.2) is 4.98 Å². The van der Waals surface area contributed by atoms with Crippen molar-refractivity contribution in [3.8, 4) is 5.75 Å². The van der Waals surface area contributed by atoms with E-state index in [0.717, 1.165) is 16.6 Å². The zero-order chi connectivity index (χ0) is 13.0. The highest BCUT2D eigenvalue weighted by atomic mass is 79.9. The van der Waals surface area contributed by atoms with Crippen LogP contribution in [0.4, 0.5) is 0 Å². The Morgan fingerprint density at radius 3 is 2.44 bits per heavy atom. The molecule has 94 valence electrons. The van der Waals surface area contributed by atoms with E-state index in [0.29, 0.717) is 6.61 Å². The summed E-state index contributed by atoms with van der Waals surface area (Å²) in [5.74, 6) is 0.976. The van der Waals surface area contributed by atoms with Crippen LogP contribution < -0.4 is 4.74 Å². The molecule has 1 aromatic carbocycles. The van der Waals surface area contributed by atoms with Gasteiger partial charge in [0.1, 0.15) is 12.4 Å². The number of ether oxygens (including phenoxy) is 1. The van der Waals surface area contributed by atoms with Gasteiger partial charge in [-0.3, -0.25) is 4.98 Å². The monoisotopic (exact) mass is 305 g/mol. The SMILES string of the molecule is Cc1cc(CBr)cc(C)c1OCc1cccnc1. The lowest BCUT2D eigenvalue weighted by Gasteiger charge is -2.13. The summed E-state index contributed by atoms with van der Waals surface area (Å²) < 4.78 is 5.90. The smallest absolute Gasteiger partial charge is 0.125 e. The molecule has 0 unspecified atom stereocenters. The fraction of sp³-hybridized carbons (Fsp3) is 0.267. The molecule has 0 saturated carbocycles. The highest BCUT2D eigenvalue weighted by molar-refractivity contribution is 9.08. The van der Waals surface area contributed by atoms with E-state index >= 15 is 0 Å². The van der Waals surface area contributed by atoms with Crippen LogP contribution in [0, 0.1) is 13.8 Å². The van der Waals surface area contributed by atoms with Gasteiger partial charge in [0.05, 0.1) is 0 Å². The van der Waals surface area contributed by atoms with Crippen molar-refractivity contribution < 1.29 is 4.74 Å². The van der Waals surface area contributed by atoms with E-state index in [1.807, 2.05) is 18.3 Å². The maximum Gasteiger partial charge on any atom is 0.125 e. The second-order valence-corrected chi connectivity index (χ2v) is 4.90. The van der Waals surface area contributed by atoms with Gasteiger partial charge in [0, 0.05) is 23.3 Å². The molecule has 2 rings (SSSR count). The summed E-state index contributed by atoms with van der Waals surface area (Å²) in [6, 6.07) is 8.25. The minimum atomic E-state index is 0.559. The number of nitrogens with zero attached hydrogens (tertiary/aromatic N) is 1. The van der Waals surface area contributed by atoms with E-state index in [-0.39, 0.29) is 0 Å². The largest absolute Gasteiger partial charge is 0.488 e. The number of benzene rings is 1. The first-order chi connectivity index (χ1) is 8.70. The maximum absolute atomic E-state index is 5.90. The topological polar surface area (TPSA) is 22.1 Å². The van der Waals surface area contributed by atoms with Gasteiger partial charge in [-0.15, -0.1) is 0 Å². The zero-order valence-electron chi connectivity index (χ0n) is 10.6. The molecule has 1 aromatic heterocycles. The van der Waals surface area contributed by atoms with Crippen LogP contribution in [-0.2, 0) is 11.9 Å². The average Bonchev–Trinajstić information content (AvgIpc) is 2.38. The number of halogens is 1. The molecule has 0 aliphatic heterocycles. The summed E-state index contributed by atoms with van der Waals surface area (Å²) in [7, 11) is 0. The standard InChI is InChI=1S/C15H16BrNO/c1-11-6-14(8-16)7-12(2)15(11)18-10-13-4-3-5-17-9-13/h3-7,9H,8,10H2,1-2H3. The lowest BCUT2D eigenvalue weighted by molar-refractivity contribution is 0.301. The fourth-order valence-electron chi connectivity index (χ4n) is 1.98. The van der Waals surface area contributed by atoms with Crippen molar-refractivity contribution in [1.29, 1.82) is 0 Å². The lowest BCUT2D eigenvalue weighted by Crippen LogP contribution is -2.00. The van der Waals surface area contributed by atoms with E-state index in [9.17, 15) is 0 Å². The number of aryl methyl sites for hydroxylation is 2. The molecule has 0 amide bonds. The number of rotatable bonds is 4. The van der Waals surface area contributed by atoms with Crippen LogP contribution in [0.3, 0.4) is 0 Å². The molecule has 0 bridgehead atoms. The van der Waals surface area contributed by atoms with Gasteiger partial charge < -0.3 is 4.74 Å². The van der Waals surface area contributed by atoms with Crippen molar-refractivity contribution in [2.24, 2.45) is 0 Å². The Balaban J connectivity index is 2.15. The van der Waals surface area contributed by atoms with E-state index in [1.165, 1.54) is 16.7 Å². The van der Waals surface area contributed by atoms with Crippen molar-refractivity contribution in [2.45, 2.75) is 25.8 Å². The first-order valence-electron chi connectivity index (χ1n) is 5.88. The summed E-state index contributed by atoms with van der Waals surface area (Å²) in [4.78, 5) is 4.08. The Bertz CT molecular complexity index is 502. The summed E-state index contributed by atoms with van der Waals surface area (Å²) in [6.07, 6.45) is 3.60. The van der Waals surface area contributed by atoms with Crippen molar-refractivity contribution in [3.05, 3.63) is 58.9 Å². The molecule has 0 atom stereocenters. The normalized spacial score (nSPS) is 10.4. The minimum absolute atomic E-state index is 0.559. The van der Waals surface area contributed by atoms with Crippen LogP contribution in [0.2, 0.25) is 0 Å². The Hall–Kier alpha value is -1.35. The quantitative estimate of drug-likeness (QED) is 0.791. The van der Waals surface area contributed by atoms with Gasteiger partial charge >= 0.3 is 0 Å². The Labute approximate surface area is 116 Å². The molecule has 0 radical (unpaired) electrons. The molecule has 0 spiro atoms. The highest BCUT2D eigenvalue weighted by Gasteiger charge is 2.06. The van der Waals surface area contributed by atoms with Crippen LogP contribution >= 0.6 is 15.9 Å². The fourth-order valence-corrected chi connectivity index (χ4v) is 2.31. The van der Waals surface area contributed by atoms with Gasteiger partial charge in [0.2, 0.25) is 0 Å². The zero-order valence-corrected chi connectivity index (χ0v) is 12.2. The molecule has 3 heteroatoms. The summed E-state index contributed by atoms with van der Waals surface area (Å²) in [5.41, 5.74) is 4.71. The summed E-state index contributed by atoms with van der Waals surface area (Å²) in [6.45, 7) is 4.72. The molecule has 1 heterocycles. The maximum atomic E-state index is 5.90. The predicted molar refractivity (Wildman–Crippen MR) is 77.1 cm³/mol. The molecule has 0 fully saturated rings. The number of hydrogen-bond acceptors (Lipinski definition) is 2. The van der Waals surface area contributed by atoms with E-state index in [2.05, 4.69) is 46.9 Å². The number of aromatic nitrogens is 1. The number of pyridine rings is 1. The van der Waals surface area contributed by atoms with Gasteiger partial charge in [-0.05, 0) is 36.6 Å². The number of hydrogen-bond donors (Lipinski definition) is 0.